The van der Waals surface area contributed by atoms with Crippen LogP contribution in [-0.2, 0) is 4.74 Å². The van der Waals surface area contributed by atoms with Gasteiger partial charge in [-0.25, -0.2) is 0 Å². The van der Waals surface area contributed by atoms with Crippen LogP contribution in [0.25, 0.3) is 0 Å². The van der Waals surface area contributed by atoms with Crippen LogP contribution in [0.15, 0.2) is 0 Å². The van der Waals surface area contributed by atoms with Crippen LogP contribution < -0.4 is 5.32 Å². The fourth-order valence-electron chi connectivity index (χ4n) is 3.32. The van der Waals surface area contributed by atoms with Gasteiger partial charge in [0, 0.05) is 19.6 Å². The summed E-state index contributed by atoms with van der Waals surface area (Å²) in [5.41, 5.74) is 0. The van der Waals surface area contributed by atoms with Crippen molar-refractivity contribution in [1.82, 2.24) is 5.32 Å². The second-order valence-electron chi connectivity index (χ2n) is 5.77. The third-order valence-electron chi connectivity index (χ3n) is 4.22. The summed E-state index contributed by atoms with van der Waals surface area (Å²) in [6, 6.07) is 0.0375. The zero-order valence-electron chi connectivity index (χ0n) is 12.6. The number of ether oxygens (including phenoxy) is 1. The lowest BCUT2D eigenvalue weighted by Crippen LogP contribution is -2.45. The highest BCUT2D eigenvalue weighted by atomic mass is 19.4. The van der Waals surface area contributed by atoms with Gasteiger partial charge in [-0.1, -0.05) is 26.2 Å². The molecule has 0 bridgehead atoms. The van der Waals surface area contributed by atoms with Crippen LogP contribution in [0.2, 0.25) is 0 Å². The topological polar surface area (TPSA) is 21.3 Å². The molecule has 1 aliphatic rings. The molecule has 0 amide bonds. The van der Waals surface area contributed by atoms with Gasteiger partial charge in [0.15, 0.2) is 0 Å². The van der Waals surface area contributed by atoms with Crippen LogP contribution in [0.4, 0.5) is 13.2 Å². The van der Waals surface area contributed by atoms with E-state index in [-0.39, 0.29) is 18.6 Å². The Balaban J connectivity index is 2.51. The van der Waals surface area contributed by atoms with Gasteiger partial charge >= 0.3 is 6.18 Å². The third kappa shape index (κ3) is 6.44. The molecule has 0 aliphatic heterocycles. The zero-order chi connectivity index (χ0) is 15.0. The minimum atomic E-state index is -4.05. The lowest BCUT2D eigenvalue weighted by molar-refractivity contribution is -0.136. The van der Waals surface area contributed by atoms with Crippen LogP contribution in [0.3, 0.4) is 0 Å². The maximum atomic E-state index is 12.3. The summed E-state index contributed by atoms with van der Waals surface area (Å²) >= 11 is 0. The lowest BCUT2D eigenvalue weighted by Gasteiger charge is -2.35. The molecule has 0 radical (unpaired) electrons. The molecule has 2 unspecified atom stereocenters. The molecule has 0 aromatic rings. The molecule has 120 valence electrons. The number of halogens is 3. The van der Waals surface area contributed by atoms with E-state index in [0.717, 1.165) is 19.4 Å². The van der Waals surface area contributed by atoms with Crippen molar-refractivity contribution in [2.24, 2.45) is 5.92 Å². The Morgan fingerprint density at radius 1 is 1.20 bits per heavy atom. The Morgan fingerprint density at radius 2 is 1.85 bits per heavy atom. The van der Waals surface area contributed by atoms with E-state index in [2.05, 4.69) is 5.32 Å². The molecular formula is C15H28F3NO. The predicted molar refractivity (Wildman–Crippen MR) is 74.7 cm³/mol. The highest BCUT2D eigenvalue weighted by Crippen LogP contribution is 2.31. The highest BCUT2D eigenvalue weighted by molar-refractivity contribution is 4.84. The monoisotopic (exact) mass is 295 g/mol. The molecular weight excluding hydrogens is 267 g/mol. The van der Waals surface area contributed by atoms with E-state index in [1.54, 1.807) is 7.11 Å². The van der Waals surface area contributed by atoms with Gasteiger partial charge in [-0.2, -0.15) is 13.2 Å². The van der Waals surface area contributed by atoms with Gasteiger partial charge in [-0.15, -0.1) is 0 Å². The average Bonchev–Trinajstić information content (AvgIpc) is 2.39. The Labute approximate surface area is 120 Å². The van der Waals surface area contributed by atoms with Crippen molar-refractivity contribution in [3.8, 4) is 0 Å². The van der Waals surface area contributed by atoms with Crippen molar-refractivity contribution in [2.75, 3.05) is 13.7 Å². The first-order valence-corrected chi connectivity index (χ1v) is 7.81. The first kappa shape index (κ1) is 17.8. The molecule has 1 rings (SSSR count). The minimum Gasteiger partial charge on any atom is -0.380 e. The minimum absolute atomic E-state index is 0.0375. The standard InChI is InChI=1S/C15H28F3NO/c1-3-19-13(10-7-11-15(16,17)18)14(20-2)12-8-5-4-6-9-12/h12-14,19H,3-11H2,1-2H3. The fourth-order valence-corrected chi connectivity index (χ4v) is 3.32. The maximum Gasteiger partial charge on any atom is 0.389 e. The van der Waals surface area contributed by atoms with Gasteiger partial charge in [-0.3, -0.25) is 0 Å². The van der Waals surface area contributed by atoms with Crippen LogP contribution >= 0.6 is 0 Å². The van der Waals surface area contributed by atoms with Gasteiger partial charge in [0.1, 0.15) is 0 Å². The van der Waals surface area contributed by atoms with Crippen LogP contribution in [0.1, 0.15) is 58.3 Å². The van der Waals surface area contributed by atoms with Crippen molar-refractivity contribution >= 4 is 0 Å². The van der Waals surface area contributed by atoms with Crippen molar-refractivity contribution in [3.63, 3.8) is 0 Å². The summed E-state index contributed by atoms with van der Waals surface area (Å²) < 4.78 is 42.5. The lowest BCUT2D eigenvalue weighted by atomic mass is 9.81. The maximum absolute atomic E-state index is 12.3. The molecule has 1 N–H and O–H groups in total. The number of hydrogen-bond donors (Lipinski definition) is 1. The van der Waals surface area contributed by atoms with E-state index in [1.165, 1.54) is 19.3 Å². The Hall–Kier alpha value is -0.290. The predicted octanol–water partition coefficient (Wildman–Crippen LogP) is 4.29. The largest absolute Gasteiger partial charge is 0.389 e. The van der Waals surface area contributed by atoms with Crippen molar-refractivity contribution in [1.29, 1.82) is 0 Å². The first-order chi connectivity index (χ1) is 9.48. The summed E-state index contributed by atoms with van der Waals surface area (Å²) in [6.07, 6.45) is 1.98. The number of rotatable bonds is 8. The SMILES string of the molecule is CCNC(CCCC(F)(F)F)C(OC)C1CCCCC1. The first-order valence-electron chi connectivity index (χ1n) is 7.81. The summed E-state index contributed by atoms with van der Waals surface area (Å²) in [7, 11) is 1.69. The molecule has 0 saturated heterocycles. The van der Waals surface area contributed by atoms with Crippen molar-refractivity contribution in [2.45, 2.75) is 76.6 Å². The molecule has 1 saturated carbocycles. The molecule has 1 aliphatic carbocycles. The molecule has 0 spiro atoms. The molecule has 0 aromatic heterocycles. The van der Waals surface area contributed by atoms with E-state index in [0.29, 0.717) is 12.3 Å². The number of alkyl halides is 3. The molecule has 2 nitrogen and oxygen atoms in total. The van der Waals surface area contributed by atoms with E-state index >= 15 is 0 Å². The van der Waals surface area contributed by atoms with E-state index in [1.807, 2.05) is 6.92 Å². The third-order valence-corrected chi connectivity index (χ3v) is 4.22. The quantitative estimate of drug-likeness (QED) is 0.721. The number of likely N-dealkylation sites (N-methyl/N-ethyl adjacent to an activating group) is 1. The van der Waals surface area contributed by atoms with Gasteiger partial charge in [-0.05, 0) is 38.1 Å². The van der Waals surface area contributed by atoms with Gasteiger partial charge in [0.25, 0.3) is 0 Å². The van der Waals surface area contributed by atoms with Gasteiger partial charge in [0.05, 0.1) is 6.10 Å². The molecule has 2 atom stereocenters. The normalized spacial score (nSPS) is 20.9. The second kappa shape index (κ2) is 8.88. The Morgan fingerprint density at radius 3 is 2.35 bits per heavy atom. The van der Waals surface area contributed by atoms with E-state index < -0.39 is 12.6 Å². The van der Waals surface area contributed by atoms with E-state index in [9.17, 15) is 13.2 Å². The highest BCUT2D eigenvalue weighted by Gasteiger charge is 2.32. The number of nitrogens with one attached hydrogen (secondary N) is 1. The molecule has 0 heterocycles. The molecule has 1 fully saturated rings. The van der Waals surface area contributed by atoms with E-state index in [4.69, 9.17) is 4.74 Å². The van der Waals surface area contributed by atoms with Crippen LogP contribution in [0, 0.1) is 5.92 Å². The van der Waals surface area contributed by atoms with Crippen molar-refractivity contribution < 1.29 is 17.9 Å². The Bertz CT molecular complexity index is 252. The van der Waals surface area contributed by atoms with Gasteiger partial charge < -0.3 is 10.1 Å². The molecule has 20 heavy (non-hydrogen) atoms. The Kier molecular flexibility index (Phi) is 7.88. The molecule has 5 heteroatoms. The summed E-state index contributed by atoms with van der Waals surface area (Å²) in [5, 5.41) is 3.32. The molecule has 0 aromatic carbocycles. The number of hydrogen-bond acceptors (Lipinski definition) is 2. The van der Waals surface area contributed by atoms with Gasteiger partial charge in [0.2, 0.25) is 0 Å². The van der Waals surface area contributed by atoms with Crippen molar-refractivity contribution in [3.05, 3.63) is 0 Å². The summed E-state index contributed by atoms with van der Waals surface area (Å²) in [5.74, 6) is 0.490. The smallest absolute Gasteiger partial charge is 0.380 e. The average molecular weight is 295 g/mol. The summed E-state index contributed by atoms with van der Waals surface area (Å²) in [6.45, 7) is 2.76. The van der Waals surface area contributed by atoms with Crippen LogP contribution in [0.5, 0.6) is 0 Å². The summed E-state index contributed by atoms with van der Waals surface area (Å²) in [4.78, 5) is 0. The fraction of sp³-hybridized carbons (Fsp3) is 1.00. The van der Waals surface area contributed by atoms with Crippen LogP contribution in [-0.4, -0.2) is 32.0 Å². The number of methoxy groups -OCH3 is 1. The second-order valence-corrected chi connectivity index (χ2v) is 5.77. The zero-order valence-corrected chi connectivity index (χ0v) is 12.6.